The van der Waals surface area contributed by atoms with Crippen molar-refractivity contribution in [1.29, 1.82) is 0 Å². The van der Waals surface area contributed by atoms with Crippen LogP contribution in [-0.2, 0) is 9.59 Å². The Labute approximate surface area is 184 Å². The van der Waals surface area contributed by atoms with Crippen molar-refractivity contribution in [2.75, 3.05) is 28.2 Å². The summed E-state index contributed by atoms with van der Waals surface area (Å²) in [6.07, 6.45) is 2.55. The molecular weight excluding hydrogens is 386 g/mol. The second kappa shape index (κ2) is 8.96. The zero-order valence-corrected chi connectivity index (χ0v) is 18.6. The largest absolute Gasteiger partial charge is 0.372 e. The van der Waals surface area contributed by atoms with Gasteiger partial charge >= 0.3 is 0 Å². The lowest BCUT2D eigenvalue weighted by atomic mass is 9.85. The second-order valence-corrected chi connectivity index (χ2v) is 8.09. The maximum Gasteiger partial charge on any atom is 0.227 e. The van der Waals surface area contributed by atoms with Crippen molar-refractivity contribution in [3.63, 3.8) is 0 Å². The highest BCUT2D eigenvalue weighted by atomic mass is 16.2. The summed E-state index contributed by atoms with van der Waals surface area (Å²) in [5.74, 6) is 0.146. The molecule has 5 nitrogen and oxygen atoms in total. The number of anilines is 3. The highest BCUT2D eigenvalue weighted by molar-refractivity contribution is 6.06. The average Bonchev–Trinajstić information content (AvgIpc) is 2.95. The van der Waals surface area contributed by atoms with Crippen LogP contribution in [0, 0.1) is 0 Å². The normalized spacial score (nSPS) is 18.1. The molecule has 1 N–H and O–H groups in total. The van der Waals surface area contributed by atoms with Crippen molar-refractivity contribution in [3.8, 4) is 0 Å². The fourth-order valence-electron chi connectivity index (χ4n) is 4.75. The van der Waals surface area contributed by atoms with Crippen LogP contribution in [0.3, 0.4) is 0 Å². The number of carbonyl (C=O) groups is 2. The SMILES string of the molecule is CCC(=O)N1c2ccccc2NC2=C(C(=O)CCC2)C1c1ccc(N(CC)CC)cc1. The summed E-state index contributed by atoms with van der Waals surface area (Å²) in [6.45, 7) is 8.03. The molecule has 2 aromatic rings. The first-order valence-electron chi connectivity index (χ1n) is 11.4. The number of fused-ring (bicyclic) bond motifs is 1. The van der Waals surface area contributed by atoms with Gasteiger partial charge in [0.05, 0.1) is 17.4 Å². The Morgan fingerprint density at radius 3 is 2.42 bits per heavy atom. The Balaban J connectivity index is 1.90. The van der Waals surface area contributed by atoms with E-state index in [0.717, 1.165) is 59.8 Å². The van der Waals surface area contributed by atoms with Crippen LogP contribution in [0.5, 0.6) is 0 Å². The third kappa shape index (κ3) is 3.85. The molecule has 0 fully saturated rings. The number of hydrogen-bond donors (Lipinski definition) is 1. The van der Waals surface area contributed by atoms with Crippen molar-refractivity contribution in [2.45, 2.75) is 52.5 Å². The monoisotopic (exact) mass is 417 g/mol. The highest BCUT2D eigenvalue weighted by Crippen LogP contribution is 2.45. The number of nitrogens with zero attached hydrogens (tertiary/aromatic N) is 2. The van der Waals surface area contributed by atoms with Gasteiger partial charge in [0.2, 0.25) is 5.91 Å². The zero-order valence-electron chi connectivity index (χ0n) is 18.6. The summed E-state index contributed by atoms with van der Waals surface area (Å²) < 4.78 is 0. The Morgan fingerprint density at radius 2 is 1.74 bits per heavy atom. The summed E-state index contributed by atoms with van der Waals surface area (Å²) >= 11 is 0. The molecule has 1 aliphatic heterocycles. The predicted octanol–water partition coefficient (Wildman–Crippen LogP) is 5.45. The predicted molar refractivity (Wildman–Crippen MR) is 126 cm³/mol. The van der Waals surface area contributed by atoms with Crippen LogP contribution in [0.2, 0.25) is 0 Å². The standard InChI is InChI=1S/C26H31N3O2/c1-4-24(31)29-22-12-8-7-10-20(22)27-21-11-9-13-23(30)25(21)26(29)18-14-16-19(17-15-18)28(5-2)6-3/h7-8,10,12,14-17,26-27H,4-6,9,11,13H2,1-3H3. The number of amides is 1. The van der Waals surface area contributed by atoms with E-state index in [1.54, 1.807) is 0 Å². The van der Waals surface area contributed by atoms with Gasteiger partial charge in [0.15, 0.2) is 5.78 Å². The molecule has 0 aromatic heterocycles. The van der Waals surface area contributed by atoms with E-state index in [4.69, 9.17) is 0 Å². The first-order valence-corrected chi connectivity index (χ1v) is 11.4. The van der Waals surface area contributed by atoms with E-state index in [0.29, 0.717) is 12.8 Å². The van der Waals surface area contributed by atoms with Crippen LogP contribution < -0.4 is 15.1 Å². The van der Waals surface area contributed by atoms with Crippen LogP contribution in [0.15, 0.2) is 59.8 Å². The maximum absolute atomic E-state index is 13.3. The van der Waals surface area contributed by atoms with Gasteiger partial charge in [-0.05, 0) is 56.5 Å². The number of nitrogens with one attached hydrogen (secondary N) is 1. The number of Topliss-reactive ketones (excluding diaryl/α,β-unsaturated/α-hetero) is 1. The van der Waals surface area contributed by atoms with E-state index in [2.05, 4.69) is 48.3 Å². The van der Waals surface area contributed by atoms with Crippen LogP contribution >= 0.6 is 0 Å². The maximum atomic E-state index is 13.3. The van der Waals surface area contributed by atoms with E-state index in [1.165, 1.54) is 0 Å². The molecule has 2 aromatic carbocycles. The third-order valence-electron chi connectivity index (χ3n) is 6.35. The van der Waals surface area contributed by atoms with Gasteiger partial charge in [0, 0.05) is 42.9 Å². The summed E-state index contributed by atoms with van der Waals surface area (Å²) in [7, 11) is 0. The molecule has 0 saturated heterocycles. The van der Waals surface area contributed by atoms with Gasteiger partial charge in [-0.1, -0.05) is 31.2 Å². The molecular formula is C26H31N3O2. The van der Waals surface area contributed by atoms with E-state index < -0.39 is 6.04 Å². The Morgan fingerprint density at radius 1 is 1.03 bits per heavy atom. The Kier molecular flexibility index (Phi) is 6.12. The molecule has 4 rings (SSSR count). The van der Waals surface area contributed by atoms with E-state index in [1.807, 2.05) is 36.1 Å². The molecule has 31 heavy (non-hydrogen) atoms. The van der Waals surface area contributed by atoms with Gasteiger partial charge in [0.1, 0.15) is 0 Å². The van der Waals surface area contributed by atoms with E-state index in [-0.39, 0.29) is 11.7 Å². The summed E-state index contributed by atoms with van der Waals surface area (Å²) in [6, 6.07) is 15.8. The van der Waals surface area contributed by atoms with E-state index >= 15 is 0 Å². The van der Waals surface area contributed by atoms with Crippen LogP contribution in [0.4, 0.5) is 17.1 Å². The molecule has 1 heterocycles. The number of allylic oxidation sites excluding steroid dienone is 1. The molecule has 1 unspecified atom stereocenters. The Bertz CT molecular complexity index is 1010. The van der Waals surface area contributed by atoms with E-state index in [9.17, 15) is 9.59 Å². The van der Waals surface area contributed by atoms with Crippen LogP contribution in [-0.4, -0.2) is 24.8 Å². The molecule has 0 saturated carbocycles. The lowest BCUT2D eigenvalue weighted by molar-refractivity contribution is -0.118. The van der Waals surface area contributed by atoms with Crippen molar-refractivity contribution < 1.29 is 9.59 Å². The highest BCUT2D eigenvalue weighted by Gasteiger charge is 2.38. The fraction of sp³-hybridized carbons (Fsp3) is 0.385. The first-order chi connectivity index (χ1) is 15.1. The smallest absolute Gasteiger partial charge is 0.227 e. The van der Waals surface area contributed by atoms with Crippen LogP contribution in [0.25, 0.3) is 0 Å². The number of ketones is 1. The quantitative estimate of drug-likeness (QED) is 0.703. The number of hydrogen-bond acceptors (Lipinski definition) is 4. The summed E-state index contributed by atoms with van der Waals surface area (Å²) in [5, 5.41) is 3.51. The molecule has 1 atom stereocenters. The minimum atomic E-state index is -0.419. The van der Waals surface area contributed by atoms with Crippen molar-refractivity contribution in [3.05, 3.63) is 65.4 Å². The lowest BCUT2D eigenvalue weighted by Gasteiger charge is -2.34. The molecule has 0 radical (unpaired) electrons. The molecule has 1 aliphatic carbocycles. The number of benzene rings is 2. The molecule has 0 spiro atoms. The number of rotatable bonds is 5. The van der Waals surface area contributed by atoms with Crippen molar-refractivity contribution in [1.82, 2.24) is 0 Å². The number of carbonyl (C=O) groups excluding carboxylic acids is 2. The topological polar surface area (TPSA) is 52.7 Å². The lowest BCUT2D eigenvalue weighted by Crippen LogP contribution is -2.37. The zero-order chi connectivity index (χ0) is 22.0. The minimum Gasteiger partial charge on any atom is -0.372 e. The van der Waals surface area contributed by atoms with Gasteiger partial charge in [0.25, 0.3) is 0 Å². The van der Waals surface area contributed by atoms with Crippen molar-refractivity contribution >= 4 is 28.8 Å². The average molecular weight is 418 g/mol. The van der Waals surface area contributed by atoms with Gasteiger partial charge in [-0.2, -0.15) is 0 Å². The third-order valence-corrected chi connectivity index (χ3v) is 6.35. The second-order valence-electron chi connectivity index (χ2n) is 8.09. The molecule has 0 bridgehead atoms. The Hall–Kier alpha value is -3.08. The summed E-state index contributed by atoms with van der Waals surface area (Å²) in [5.41, 5.74) is 5.52. The molecule has 5 heteroatoms. The minimum absolute atomic E-state index is 0.0131. The molecule has 162 valence electrons. The van der Waals surface area contributed by atoms with Crippen LogP contribution in [0.1, 0.15) is 58.1 Å². The van der Waals surface area contributed by atoms with Gasteiger partial charge in [-0.3, -0.25) is 14.5 Å². The van der Waals surface area contributed by atoms with Gasteiger partial charge < -0.3 is 10.2 Å². The fourth-order valence-corrected chi connectivity index (χ4v) is 4.75. The molecule has 1 amide bonds. The first kappa shape index (κ1) is 21.2. The van der Waals surface area contributed by atoms with Gasteiger partial charge in [-0.15, -0.1) is 0 Å². The van der Waals surface area contributed by atoms with Gasteiger partial charge in [-0.25, -0.2) is 0 Å². The van der Waals surface area contributed by atoms with Crippen molar-refractivity contribution in [2.24, 2.45) is 0 Å². The summed E-state index contributed by atoms with van der Waals surface area (Å²) in [4.78, 5) is 30.6. The number of para-hydroxylation sites is 2. The molecule has 2 aliphatic rings.